The normalized spacial score (nSPS) is 11.9. The van der Waals surface area contributed by atoms with Crippen molar-refractivity contribution < 1.29 is 4.42 Å². The van der Waals surface area contributed by atoms with Crippen LogP contribution >= 0.6 is 11.8 Å². The van der Waals surface area contributed by atoms with Crippen LogP contribution in [-0.2, 0) is 25.1 Å². The van der Waals surface area contributed by atoms with Crippen molar-refractivity contribution >= 4 is 17.4 Å². The highest BCUT2D eigenvalue weighted by Gasteiger charge is 2.02. The molecule has 0 spiro atoms. The summed E-state index contributed by atoms with van der Waals surface area (Å²) < 4.78 is 5.68. The summed E-state index contributed by atoms with van der Waals surface area (Å²) in [6, 6.07) is 21.0. The SMILES string of the molecule is CN(C)Cc1cccc(CSCCN=c2cc(N)c(CCc3ccccc3)co2)c1. The number of aryl methyl sites for hydroxylation is 2. The van der Waals surface area contributed by atoms with E-state index in [-0.39, 0.29) is 0 Å². The van der Waals surface area contributed by atoms with Crippen LogP contribution in [0.1, 0.15) is 22.3 Å². The zero-order valence-electron chi connectivity index (χ0n) is 17.9. The molecule has 0 aliphatic heterocycles. The van der Waals surface area contributed by atoms with Gasteiger partial charge >= 0.3 is 0 Å². The van der Waals surface area contributed by atoms with Crippen molar-refractivity contribution in [3.8, 4) is 0 Å². The highest BCUT2D eigenvalue weighted by molar-refractivity contribution is 7.98. The van der Waals surface area contributed by atoms with E-state index in [0.29, 0.717) is 12.1 Å². The van der Waals surface area contributed by atoms with Crippen molar-refractivity contribution in [3.63, 3.8) is 0 Å². The van der Waals surface area contributed by atoms with Crippen molar-refractivity contribution in [1.29, 1.82) is 0 Å². The Hall–Kier alpha value is -2.50. The van der Waals surface area contributed by atoms with Gasteiger partial charge in [-0.2, -0.15) is 11.8 Å². The third-order valence-electron chi connectivity index (χ3n) is 4.76. The summed E-state index contributed by atoms with van der Waals surface area (Å²) in [5.41, 5.74) is 12.6. The Labute approximate surface area is 183 Å². The number of nitrogens with zero attached hydrogens (tertiary/aromatic N) is 2. The molecule has 0 bridgehead atoms. The average molecular weight is 422 g/mol. The van der Waals surface area contributed by atoms with E-state index < -0.39 is 0 Å². The van der Waals surface area contributed by atoms with Crippen LogP contribution in [-0.4, -0.2) is 31.3 Å². The number of hydrogen-bond acceptors (Lipinski definition) is 5. The minimum Gasteiger partial charge on any atom is -0.447 e. The molecule has 1 aromatic heterocycles. The Morgan fingerprint density at radius 1 is 0.933 bits per heavy atom. The maximum absolute atomic E-state index is 6.21. The maximum atomic E-state index is 6.21. The lowest BCUT2D eigenvalue weighted by atomic mass is 10.1. The zero-order chi connectivity index (χ0) is 21.2. The molecule has 0 saturated carbocycles. The van der Waals surface area contributed by atoms with E-state index in [4.69, 9.17) is 10.2 Å². The predicted molar refractivity (Wildman–Crippen MR) is 127 cm³/mol. The molecule has 0 atom stereocenters. The molecule has 3 rings (SSSR count). The standard InChI is InChI=1S/C25H31N3OS/c1-28(2)17-21-9-6-10-22(15-21)19-30-14-13-27-25-16-24(26)23(18-29-25)12-11-20-7-4-3-5-8-20/h3-10,15-16,18H,11-14,17,19,26H2,1-2H3. The minimum atomic E-state index is 0.601. The lowest BCUT2D eigenvalue weighted by Crippen LogP contribution is -2.10. The van der Waals surface area contributed by atoms with Gasteiger partial charge in [-0.05, 0) is 43.6 Å². The lowest BCUT2D eigenvalue weighted by Gasteiger charge is -2.10. The van der Waals surface area contributed by atoms with Gasteiger partial charge in [-0.1, -0.05) is 54.6 Å². The molecule has 0 aliphatic rings. The fourth-order valence-electron chi connectivity index (χ4n) is 3.26. The summed E-state index contributed by atoms with van der Waals surface area (Å²) in [5.74, 6) is 1.94. The highest BCUT2D eigenvalue weighted by Crippen LogP contribution is 2.15. The van der Waals surface area contributed by atoms with Crippen molar-refractivity contribution in [2.24, 2.45) is 4.99 Å². The van der Waals surface area contributed by atoms with Crippen LogP contribution in [0.2, 0.25) is 0 Å². The van der Waals surface area contributed by atoms with Crippen LogP contribution in [0.4, 0.5) is 5.69 Å². The number of nitrogen functional groups attached to an aromatic ring is 1. The van der Waals surface area contributed by atoms with E-state index in [0.717, 1.165) is 42.1 Å². The average Bonchev–Trinajstić information content (AvgIpc) is 2.73. The molecule has 2 aromatic carbocycles. The molecule has 158 valence electrons. The minimum absolute atomic E-state index is 0.601. The van der Waals surface area contributed by atoms with Gasteiger partial charge in [-0.3, -0.25) is 4.99 Å². The first-order valence-corrected chi connectivity index (χ1v) is 11.5. The first-order chi connectivity index (χ1) is 14.6. The molecule has 4 nitrogen and oxygen atoms in total. The van der Waals surface area contributed by atoms with Gasteiger partial charge < -0.3 is 15.1 Å². The fourth-order valence-corrected chi connectivity index (χ4v) is 4.04. The second kappa shape index (κ2) is 11.6. The second-order valence-electron chi connectivity index (χ2n) is 7.68. The molecule has 30 heavy (non-hydrogen) atoms. The molecule has 1 heterocycles. The predicted octanol–water partition coefficient (Wildman–Crippen LogP) is 4.54. The number of benzene rings is 2. The summed E-state index contributed by atoms with van der Waals surface area (Å²) in [4.78, 5) is 6.73. The van der Waals surface area contributed by atoms with Crippen LogP contribution < -0.4 is 11.3 Å². The number of anilines is 1. The molecule has 0 unspecified atom stereocenters. The third-order valence-corrected chi connectivity index (χ3v) is 5.77. The Morgan fingerprint density at radius 2 is 1.70 bits per heavy atom. The topological polar surface area (TPSA) is 54.8 Å². The zero-order valence-corrected chi connectivity index (χ0v) is 18.7. The van der Waals surface area contributed by atoms with Crippen LogP contribution in [0.15, 0.2) is 76.3 Å². The summed E-state index contributed by atoms with van der Waals surface area (Å²) in [7, 11) is 4.19. The van der Waals surface area contributed by atoms with Crippen molar-refractivity contribution in [2.45, 2.75) is 25.1 Å². The Balaban J connectivity index is 1.45. The van der Waals surface area contributed by atoms with Crippen molar-refractivity contribution in [3.05, 3.63) is 94.7 Å². The molecule has 0 aliphatic carbocycles. The summed E-state index contributed by atoms with van der Waals surface area (Å²) in [5, 5.41) is 0. The van der Waals surface area contributed by atoms with E-state index in [1.807, 2.05) is 23.9 Å². The molecule has 0 saturated heterocycles. The quantitative estimate of drug-likeness (QED) is 0.488. The Kier molecular flexibility index (Phi) is 8.60. The molecule has 3 aromatic rings. The van der Waals surface area contributed by atoms with Gasteiger partial charge in [0.1, 0.15) is 0 Å². The molecule has 2 N–H and O–H groups in total. The number of nitrogens with two attached hydrogens (primary N) is 1. The Morgan fingerprint density at radius 3 is 2.47 bits per heavy atom. The number of hydrogen-bond donors (Lipinski definition) is 1. The van der Waals surface area contributed by atoms with Gasteiger partial charge in [0.15, 0.2) is 0 Å². The van der Waals surface area contributed by atoms with Gasteiger partial charge in [0.25, 0.3) is 0 Å². The maximum Gasteiger partial charge on any atom is 0.215 e. The summed E-state index contributed by atoms with van der Waals surface area (Å²) >= 11 is 1.89. The van der Waals surface area contributed by atoms with E-state index in [1.165, 1.54) is 16.7 Å². The fraction of sp³-hybridized carbons (Fsp3) is 0.320. The van der Waals surface area contributed by atoms with Crippen LogP contribution in [0.5, 0.6) is 0 Å². The molecule has 0 fully saturated rings. The third kappa shape index (κ3) is 7.39. The van der Waals surface area contributed by atoms with Gasteiger partial charge in [0.2, 0.25) is 5.55 Å². The van der Waals surface area contributed by atoms with Crippen LogP contribution in [0.3, 0.4) is 0 Å². The highest BCUT2D eigenvalue weighted by atomic mass is 32.2. The molecule has 0 radical (unpaired) electrons. The monoisotopic (exact) mass is 421 g/mol. The number of thioether (sulfide) groups is 1. The van der Waals surface area contributed by atoms with Gasteiger partial charge in [-0.15, -0.1) is 0 Å². The summed E-state index contributed by atoms with van der Waals surface area (Å²) in [6.07, 6.45) is 3.56. The summed E-state index contributed by atoms with van der Waals surface area (Å²) in [6.45, 7) is 1.69. The lowest BCUT2D eigenvalue weighted by molar-refractivity contribution is 0.402. The molecular formula is C25H31N3OS. The smallest absolute Gasteiger partial charge is 0.215 e. The molecule has 5 heteroatoms. The Bertz CT molecular complexity index is 983. The van der Waals surface area contributed by atoms with Crippen molar-refractivity contribution in [2.75, 3.05) is 32.1 Å². The van der Waals surface area contributed by atoms with E-state index in [9.17, 15) is 0 Å². The van der Waals surface area contributed by atoms with E-state index >= 15 is 0 Å². The second-order valence-corrected chi connectivity index (χ2v) is 8.78. The van der Waals surface area contributed by atoms with E-state index in [1.54, 1.807) is 6.26 Å². The van der Waals surface area contributed by atoms with E-state index in [2.05, 4.69) is 72.5 Å². The molecule has 0 amide bonds. The number of rotatable bonds is 10. The van der Waals surface area contributed by atoms with Gasteiger partial charge in [0, 0.05) is 35.4 Å². The van der Waals surface area contributed by atoms with Crippen LogP contribution in [0.25, 0.3) is 0 Å². The first-order valence-electron chi connectivity index (χ1n) is 10.3. The van der Waals surface area contributed by atoms with Crippen molar-refractivity contribution in [1.82, 2.24) is 4.90 Å². The van der Waals surface area contributed by atoms with Gasteiger partial charge in [0.05, 0.1) is 12.8 Å². The van der Waals surface area contributed by atoms with Crippen LogP contribution in [0, 0.1) is 0 Å². The first kappa shape index (κ1) is 22.2. The van der Waals surface area contributed by atoms with Gasteiger partial charge in [-0.25, -0.2) is 0 Å². The molecular weight excluding hydrogens is 390 g/mol. The largest absolute Gasteiger partial charge is 0.447 e.